The van der Waals surface area contributed by atoms with Gasteiger partial charge in [-0.15, -0.1) is 0 Å². The molecular formula is C10H11N3O3S. The number of rotatable bonds is 2. The molecule has 1 atom stereocenters. The van der Waals surface area contributed by atoms with Crippen molar-refractivity contribution in [1.82, 2.24) is 4.72 Å². The Morgan fingerprint density at radius 1 is 1.41 bits per heavy atom. The van der Waals surface area contributed by atoms with Crippen LogP contribution < -0.4 is 10.5 Å². The number of nitrogens with zero attached hydrogens (tertiary/aromatic N) is 1. The van der Waals surface area contributed by atoms with Crippen LogP contribution in [0.15, 0.2) is 34.2 Å². The van der Waals surface area contributed by atoms with Gasteiger partial charge in [-0.25, -0.2) is 8.42 Å². The summed E-state index contributed by atoms with van der Waals surface area (Å²) >= 11 is 0. The fourth-order valence-corrected chi connectivity index (χ4v) is 2.73. The van der Waals surface area contributed by atoms with Gasteiger partial charge < -0.3 is 5.73 Å². The lowest BCUT2D eigenvalue weighted by Crippen LogP contribution is -2.29. The molecule has 0 aliphatic carbocycles. The molecule has 1 aliphatic heterocycles. The SMILES string of the molecule is CC(N=C1NS(=O)(=O)c2ccccc21)C(N)=O. The lowest BCUT2D eigenvalue weighted by atomic mass is 10.2. The number of benzene rings is 1. The van der Waals surface area contributed by atoms with Gasteiger partial charge in [0.25, 0.3) is 10.0 Å². The summed E-state index contributed by atoms with van der Waals surface area (Å²) in [6, 6.07) is 5.65. The van der Waals surface area contributed by atoms with Crippen LogP contribution in [0.1, 0.15) is 12.5 Å². The number of aliphatic imine (C=N–C) groups is 1. The number of carbonyl (C=O) groups is 1. The van der Waals surface area contributed by atoms with Crippen LogP contribution in [0.2, 0.25) is 0 Å². The second-order valence-corrected chi connectivity index (χ2v) is 5.31. The molecule has 17 heavy (non-hydrogen) atoms. The van der Waals surface area contributed by atoms with E-state index in [2.05, 4.69) is 9.71 Å². The second kappa shape index (κ2) is 3.85. The van der Waals surface area contributed by atoms with Crippen molar-refractivity contribution in [1.29, 1.82) is 0 Å². The van der Waals surface area contributed by atoms with E-state index < -0.39 is 22.0 Å². The predicted octanol–water partition coefficient (Wildman–Crippen LogP) is -0.401. The molecule has 3 N–H and O–H groups in total. The number of hydrogen-bond acceptors (Lipinski definition) is 4. The average Bonchev–Trinajstić information content (AvgIpc) is 2.51. The average molecular weight is 253 g/mol. The summed E-state index contributed by atoms with van der Waals surface area (Å²) in [6.07, 6.45) is 0. The van der Waals surface area contributed by atoms with E-state index in [4.69, 9.17) is 5.73 Å². The van der Waals surface area contributed by atoms with Crippen LogP contribution in [0.4, 0.5) is 0 Å². The molecule has 1 unspecified atom stereocenters. The van der Waals surface area contributed by atoms with E-state index in [1.807, 2.05) is 0 Å². The summed E-state index contributed by atoms with van der Waals surface area (Å²) in [5.41, 5.74) is 5.54. The summed E-state index contributed by atoms with van der Waals surface area (Å²) in [5.74, 6) is -0.451. The van der Waals surface area contributed by atoms with Crippen LogP contribution >= 0.6 is 0 Å². The molecule has 1 heterocycles. The normalized spacial score (nSPS) is 20.6. The fourth-order valence-electron chi connectivity index (χ4n) is 1.49. The lowest BCUT2D eigenvalue weighted by Gasteiger charge is -2.03. The maximum absolute atomic E-state index is 11.7. The molecule has 0 fully saturated rings. The number of hydrogen-bond donors (Lipinski definition) is 2. The molecular weight excluding hydrogens is 242 g/mol. The van der Waals surface area contributed by atoms with E-state index >= 15 is 0 Å². The number of amidine groups is 1. The van der Waals surface area contributed by atoms with Gasteiger partial charge in [0.05, 0.1) is 4.90 Å². The zero-order valence-electron chi connectivity index (χ0n) is 9.04. The third-order valence-electron chi connectivity index (χ3n) is 2.40. The first-order valence-corrected chi connectivity index (χ1v) is 6.39. The van der Waals surface area contributed by atoms with Gasteiger partial charge in [0.2, 0.25) is 5.91 Å². The summed E-state index contributed by atoms with van der Waals surface area (Å²) in [7, 11) is -3.56. The van der Waals surface area contributed by atoms with Crippen molar-refractivity contribution in [3.8, 4) is 0 Å². The molecule has 1 amide bonds. The first kappa shape index (κ1) is 11.6. The van der Waals surface area contributed by atoms with Crippen LogP contribution in [0.3, 0.4) is 0 Å². The highest BCUT2D eigenvalue weighted by Crippen LogP contribution is 2.22. The molecule has 90 valence electrons. The highest BCUT2D eigenvalue weighted by atomic mass is 32.2. The number of amides is 1. The quantitative estimate of drug-likeness (QED) is 0.749. The number of sulfonamides is 1. The molecule has 0 saturated carbocycles. The summed E-state index contributed by atoms with van der Waals surface area (Å²) in [6.45, 7) is 1.50. The van der Waals surface area contributed by atoms with Gasteiger partial charge in [-0.05, 0) is 19.1 Å². The largest absolute Gasteiger partial charge is 0.368 e. The van der Waals surface area contributed by atoms with Gasteiger partial charge in [0.15, 0.2) is 0 Å². The van der Waals surface area contributed by atoms with Gasteiger partial charge >= 0.3 is 0 Å². The standard InChI is InChI=1S/C10H11N3O3S/c1-6(9(11)14)12-10-7-4-2-3-5-8(7)17(15,16)13-10/h2-6H,1H3,(H2,11,14)(H,12,13). The zero-order valence-corrected chi connectivity index (χ0v) is 9.86. The van der Waals surface area contributed by atoms with Crippen molar-refractivity contribution in [2.45, 2.75) is 17.9 Å². The van der Waals surface area contributed by atoms with E-state index in [1.54, 1.807) is 18.2 Å². The minimum absolute atomic E-state index is 0.159. The number of fused-ring (bicyclic) bond motifs is 1. The van der Waals surface area contributed by atoms with E-state index in [0.717, 1.165) is 0 Å². The maximum Gasteiger partial charge on any atom is 0.263 e. The van der Waals surface area contributed by atoms with Crippen molar-refractivity contribution in [2.24, 2.45) is 10.7 Å². The first-order valence-electron chi connectivity index (χ1n) is 4.91. The van der Waals surface area contributed by atoms with Crippen LogP contribution in [-0.2, 0) is 14.8 Å². The maximum atomic E-state index is 11.7. The zero-order chi connectivity index (χ0) is 12.6. The number of carbonyl (C=O) groups excluding carboxylic acids is 1. The molecule has 0 saturated heterocycles. The smallest absolute Gasteiger partial charge is 0.263 e. The Bertz CT molecular complexity index is 607. The van der Waals surface area contributed by atoms with Crippen LogP contribution in [-0.4, -0.2) is 26.2 Å². The topological polar surface area (TPSA) is 102 Å². The first-order chi connectivity index (χ1) is 7.92. The summed E-state index contributed by atoms with van der Waals surface area (Å²) in [4.78, 5) is 15.0. The molecule has 2 rings (SSSR count). The van der Waals surface area contributed by atoms with Gasteiger partial charge in [0, 0.05) is 5.56 Å². The van der Waals surface area contributed by atoms with Gasteiger partial charge in [0.1, 0.15) is 11.9 Å². The van der Waals surface area contributed by atoms with Crippen molar-refractivity contribution in [3.63, 3.8) is 0 Å². The molecule has 0 radical (unpaired) electrons. The Balaban J connectivity index is 2.53. The van der Waals surface area contributed by atoms with E-state index in [0.29, 0.717) is 5.56 Å². The van der Waals surface area contributed by atoms with Crippen LogP contribution in [0.25, 0.3) is 0 Å². The van der Waals surface area contributed by atoms with Crippen molar-refractivity contribution in [3.05, 3.63) is 29.8 Å². The highest BCUT2D eigenvalue weighted by Gasteiger charge is 2.30. The monoisotopic (exact) mass is 253 g/mol. The van der Waals surface area contributed by atoms with Crippen molar-refractivity contribution < 1.29 is 13.2 Å². The Kier molecular flexibility index (Phi) is 2.62. The minimum atomic E-state index is -3.56. The summed E-state index contributed by atoms with van der Waals surface area (Å²) < 4.78 is 25.7. The van der Waals surface area contributed by atoms with Gasteiger partial charge in [-0.3, -0.25) is 14.5 Å². The molecule has 0 aromatic heterocycles. The number of nitrogens with two attached hydrogens (primary N) is 1. The summed E-state index contributed by atoms with van der Waals surface area (Å²) in [5, 5.41) is 0. The van der Waals surface area contributed by atoms with E-state index in [-0.39, 0.29) is 10.7 Å². The van der Waals surface area contributed by atoms with Crippen LogP contribution in [0, 0.1) is 0 Å². The van der Waals surface area contributed by atoms with Gasteiger partial charge in [-0.1, -0.05) is 12.1 Å². The Morgan fingerprint density at radius 3 is 2.71 bits per heavy atom. The number of primary amides is 1. The molecule has 1 aromatic carbocycles. The number of nitrogens with one attached hydrogen (secondary N) is 1. The Hall–Kier alpha value is -1.89. The predicted molar refractivity (Wildman–Crippen MR) is 62.0 cm³/mol. The van der Waals surface area contributed by atoms with E-state index in [9.17, 15) is 13.2 Å². The van der Waals surface area contributed by atoms with Gasteiger partial charge in [-0.2, -0.15) is 0 Å². The fraction of sp³-hybridized carbons (Fsp3) is 0.200. The van der Waals surface area contributed by atoms with Crippen LogP contribution in [0.5, 0.6) is 0 Å². The molecule has 6 nitrogen and oxygen atoms in total. The highest BCUT2D eigenvalue weighted by molar-refractivity contribution is 7.90. The third-order valence-corrected chi connectivity index (χ3v) is 3.79. The third kappa shape index (κ3) is 2.01. The molecule has 1 aliphatic rings. The van der Waals surface area contributed by atoms with Crippen molar-refractivity contribution in [2.75, 3.05) is 0 Å². The minimum Gasteiger partial charge on any atom is -0.368 e. The Morgan fingerprint density at radius 2 is 2.06 bits per heavy atom. The molecule has 7 heteroatoms. The lowest BCUT2D eigenvalue weighted by molar-refractivity contribution is -0.118. The van der Waals surface area contributed by atoms with Crippen molar-refractivity contribution >= 4 is 21.8 Å². The van der Waals surface area contributed by atoms with E-state index in [1.165, 1.54) is 13.0 Å². The second-order valence-electron chi connectivity index (χ2n) is 3.66. The molecule has 1 aromatic rings. The Labute approximate surface area is 98.6 Å². The molecule has 0 bridgehead atoms. The molecule has 0 spiro atoms.